The van der Waals surface area contributed by atoms with Gasteiger partial charge in [0, 0.05) is 12.6 Å². The Balaban J connectivity index is 1.70. The van der Waals surface area contributed by atoms with E-state index in [1.807, 2.05) is 0 Å². The number of rotatable bonds is 5. The highest BCUT2D eigenvalue weighted by atomic mass is 19.1. The summed E-state index contributed by atoms with van der Waals surface area (Å²) >= 11 is 0. The third kappa shape index (κ3) is 3.71. The van der Waals surface area contributed by atoms with E-state index in [2.05, 4.69) is 0 Å². The Labute approximate surface area is 159 Å². The molecule has 0 fully saturated rings. The van der Waals surface area contributed by atoms with Crippen LogP contribution in [-0.2, 0) is 13.1 Å². The summed E-state index contributed by atoms with van der Waals surface area (Å²) in [6, 6.07) is 17.4. The normalized spacial score (nSPS) is 10.9. The van der Waals surface area contributed by atoms with Crippen LogP contribution >= 0.6 is 0 Å². The maximum Gasteiger partial charge on any atom is 0.290 e. The Morgan fingerprint density at radius 2 is 1.82 bits per heavy atom. The van der Waals surface area contributed by atoms with E-state index in [1.165, 1.54) is 29.4 Å². The van der Waals surface area contributed by atoms with Crippen LogP contribution in [0.15, 0.2) is 86.6 Å². The molecule has 1 amide bonds. The van der Waals surface area contributed by atoms with E-state index in [9.17, 15) is 14.0 Å². The van der Waals surface area contributed by atoms with Gasteiger partial charge < -0.3 is 13.7 Å². The number of hydrogen-bond donors (Lipinski definition) is 0. The standard InChI is InChI=1S/C22H16FNO4/c23-16-6-3-5-15(11-16)13-24(14-17-7-4-10-27-17)22(26)21-12-19(25)18-8-1-2-9-20(18)28-21/h1-12H,13-14H2. The lowest BCUT2D eigenvalue weighted by atomic mass is 10.2. The Bertz CT molecular complexity index is 1180. The number of hydrogen-bond acceptors (Lipinski definition) is 4. The molecule has 0 aliphatic heterocycles. The summed E-state index contributed by atoms with van der Waals surface area (Å²) in [5.74, 6) is -0.386. The fourth-order valence-electron chi connectivity index (χ4n) is 3.01. The van der Waals surface area contributed by atoms with Gasteiger partial charge >= 0.3 is 0 Å². The smallest absolute Gasteiger partial charge is 0.290 e. The first kappa shape index (κ1) is 17.7. The predicted octanol–water partition coefficient (Wildman–Crippen LogP) is 4.37. The number of halogens is 1. The molecule has 0 bridgehead atoms. The molecule has 4 aromatic rings. The first-order chi connectivity index (χ1) is 13.6. The van der Waals surface area contributed by atoms with Gasteiger partial charge in [-0.25, -0.2) is 4.39 Å². The minimum Gasteiger partial charge on any atom is -0.467 e. The molecule has 140 valence electrons. The molecule has 0 saturated heterocycles. The molecule has 4 rings (SSSR count). The van der Waals surface area contributed by atoms with Crippen molar-refractivity contribution in [1.29, 1.82) is 0 Å². The van der Waals surface area contributed by atoms with E-state index in [0.29, 0.717) is 22.3 Å². The lowest BCUT2D eigenvalue weighted by Gasteiger charge is -2.21. The van der Waals surface area contributed by atoms with Crippen molar-refractivity contribution in [3.8, 4) is 0 Å². The zero-order valence-corrected chi connectivity index (χ0v) is 14.8. The summed E-state index contributed by atoms with van der Waals surface area (Å²) in [5.41, 5.74) is 0.652. The van der Waals surface area contributed by atoms with E-state index in [-0.39, 0.29) is 30.1 Å². The Morgan fingerprint density at radius 1 is 0.964 bits per heavy atom. The Morgan fingerprint density at radius 3 is 2.61 bits per heavy atom. The first-order valence-electron chi connectivity index (χ1n) is 8.69. The maximum absolute atomic E-state index is 13.6. The molecule has 0 atom stereocenters. The third-order valence-corrected chi connectivity index (χ3v) is 4.32. The number of furan rings is 1. The minimum absolute atomic E-state index is 0.0772. The van der Waals surface area contributed by atoms with Crippen molar-refractivity contribution in [3.05, 3.63) is 106 Å². The van der Waals surface area contributed by atoms with Gasteiger partial charge in [-0.05, 0) is 42.0 Å². The monoisotopic (exact) mass is 377 g/mol. The number of carbonyl (C=O) groups excluding carboxylic acids is 1. The topological polar surface area (TPSA) is 63.7 Å². The van der Waals surface area contributed by atoms with Gasteiger partial charge in [0.05, 0.1) is 18.2 Å². The van der Waals surface area contributed by atoms with Crippen molar-refractivity contribution >= 4 is 16.9 Å². The van der Waals surface area contributed by atoms with E-state index >= 15 is 0 Å². The molecule has 5 nitrogen and oxygen atoms in total. The largest absolute Gasteiger partial charge is 0.467 e. The summed E-state index contributed by atoms with van der Waals surface area (Å²) in [4.78, 5) is 26.9. The minimum atomic E-state index is -0.483. The molecule has 28 heavy (non-hydrogen) atoms. The van der Waals surface area contributed by atoms with Crippen molar-refractivity contribution in [2.24, 2.45) is 0 Å². The van der Waals surface area contributed by atoms with Gasteiger partial charge in [-0.2, -0.15) is 0 Å². The lowest BCUT2D eigenvalue weighted by Crippen LogP contribution is -2.30. The molecule has 2 aromatic heterocycles. The summed E-state index contributed by atoms with van der Waals surface area (Å²) in [6.45, 7) is 0.284. The average molecular weight is 377 g/mol. The number of para-hydroxylation sites is 1. The highest BCUT2D eigenvalue weighted by molar-refractivity contribution is 5.93. The summed E-state index contributed by atoms with van der Waals surface area (Å²) < 4.78 is 24.6. The van der Waals surface area contributed by atoms with Crippen molar-refractivity contribution in [2.75, 3.05) is 0 Å². The maximum atomic E-state index is 13.6. The molecule has 0 radical (unpaired) electrons. The van der Waals surface area contributed by atoms with Gasteiger partial charge in [-0.3, -0.25) is 9.59 Å². The van der Waals surface area contributed by atoms with Gasteiger partial charge in [0.25, 0.3) is 5.91 Å². The number of carbonyl (C=O) groups is 1. The molecule has 0 aliphatic carbocycles. The Kier molecular flexibility index (Phi) is 4.76. The van der Waals surface area contributed by atoms with Crippen LogP contribution in [0.4, 0.5) is 4.39 Å². The highest BCUT2D eigenvalue weighted by Crippen LogP contribution is 2.18. The second-order valence-electron chi connectivity index (χ2n) is 6.34. The average Bonchev–Trinajstić information content (AvgIpc) is 3.20. The van der Waals surface area contributed by atoms with Crippen LogP contribution in [0.25, 0.3) is 11.0 Å². The van der Waals surface area contributed by atoms with Crippen LogP contribution in [0.1, 0.15) is 21.9 Å². The Hall–Kier alpha value is -3.67. The number of nitrogens with zero attached hydrogens (tertiary/aromatic N) is 1. The van der Waals surface area contributed by atoms with Crippen LogP contribution in [0.2, 0.25) is 0 Å². The first-order valence-corrected chi connectivity index (χ1v) is 8.69. The third-order valence-electron chi connectivity index (χ3n) is 4.32. The number of benzene rings is 2. The highest BCUT2D eigenvalue weighted by Gasteiger charge is 2.21. The van der Waals surface area contributed by atoms with Gasteiger partial charge in [0.2, 0.25) is 0 Å². The van der Waals surface area contributed by atoms with Crippen LogP contribution in [-0.4, -0.2) is 10.8 Å². The zero-order chi connectivity index (χ0) is 19.5. The predicted molar refractivity (Wildman–Crippen MR) is 101 cm³/mol. The number of amides is 1. The van der Waals surface area contributed by atoms with Gasteiger partial charge in [0.15, 0.2) is 11.2 Å². The number of fused-ring (bicyclic) bond motifs is 1. The van der Waals surface area contributed by atoms with E-state index in [4.69, 9.17) is 8.83 Å². The fourth-order valence-corrected chi connectivity index (χ4v) is 3.01. The summed E-state index contributed by atoms with van der Waals surface area (Å²) in [5, 5.41) is 0.404. The van der Waals surface area contributed by atoms with E-state index in [1.54, 1.807) is 48.5 Å². The molecule has 0 unspecified atom stereocenters. The second kappa shape index (κ2) is 7.52. The van der Waals surface area contributed by atoms with Crippen molar-refractivity contribution < 1.29 is 18.0 Å². The van der Waals surface area contributed by atoms with Crippen molar-refractivity contribution in [2.45, 2.75) is 13.1 Å². The summed E-state index contributed by atoms with van der Waals surface area (Å²) in [6.07, 6.45) is 1.51. The zero-order valence-electron chi connectivity index (χ0n) is 14.8. The van der Waals surface area contributed by atoms with Gasteiger partial charge in [0.1, 0.15) is 17.2 Å². The second-order valence-corrected chi connectivity index (χ2v) is 6.34. The summed E-state index contributed by atoms with van der Waals surface area (Å²) in [7, 11) is 0. The quantitative estimate of drug-likeness (QED) is 0.518. The van der Waals surface area contributed by atoms with E-state index < -0.39 is 5.91 Å². The molecule has 2 heterocycles. The molecule has 6 heteroatoms. The van der Waals surface area contributed by atoms with Crippen LogP contribution in [0, 0.1) is 5.82 Å². The van der Waals surface area contributed by atoms with Crippen molar-refractivity contribution in [3.63, 3.8) is 0 Å². The fraction of sp³-hybridized carbons (Fsp3) is 0.0909. The molecular weight excluding hydrogens is 361 g/mol. The van der Waals surface area contributed by atoms with Gasteiger partial charge in [-0.1, -0.05) is 24.3 Å². The SMILES string of the molecule is O=C(c1cc(=O)c2ccccc2o1)N(Cc1cccc(F)c1)Cc1ccco1. The molecule has 0 saturated carbocycles. The van der Waals surface area contributed by atoms with Crippen molar-refractivity contribution in [1.82, 2.24) is 4.90 Å². The van der Waals surface area contributed by atoms with E-state index in [0.717, 1.165) is 0 Å². The van der Waals surface area contributed by atoms with Crippen LogP contribution in [0.5, 0.6) is 0 Å². The molecule has 0 N–H and O–H groups in total. The molecule has 2 aromatic carbocycles. The molecule has 0 spiro atoms. The van der Waals surface area contributed by atoms with Crippen LogP contribution < -0.4 is 5.43 Å². The molecular formula is C22H16FNO4. The molecule has 0 aliphatic rings. The van der Waals surface area contributed by atoms with Gasteiger partial charge in [-0.15, -0.1) is 0 Å². The van der Waals surface area contributed by atoms with Crippen LogP contribution in [0.3, 0.4) is 0 Å². The lowest BCUT2D eigenvalue weighted by molar-refractivity contribution is 0.0685.